The van der Waals surface area contributed by atoms with E-state index in [0.717, 1.165) is 31.0 Å². The van der Waals surface area contributed by atoms with Gasteiger partial charge in [0.2, 0.25) is 0 Å². The Balaban J connectivity index is 2.08. The van der Waals surface area contributed by atoms with Crippen molar-refractivity contribution in [3.05, 3.63) is 0 Å². The number of rotatable bonds is 10. The van der Waals surface area contributed by atoms with Gasteiger partial charge in [-0.1, -0.05) is 0 Å². The molecule has 1 N–H and O–H groups in total. The first kappa shape index (κ1) is 14.8. The van der Waals surface area contributed by atoms with Gasteiger partial charge >= 0.3 is 5.97 Å². The summed E-state index contributed by atoms with van der Waals surface area (Å²) in [4.78, 5) is 11.5. The summed E-state index contributed by atoms with van der Waals surface area (Å²) in [5, 5.41) is 3.33. The van der Waals surface area contributed by atoms with Gasteiger partial charge in [-0.25, -0.2) is 0 Å². The van der Waals surface area contributed by atoms with Crippen LogP contribution in [0, 0.1) is 0 Å². The van der Waals surface area contributed by atoms with E-state index in [9.17, 15) is 4.79 Å². The number of esters is 1. The quantitative estimate of drug-likeness (QED) is 0.476. The topological polar surface area (TPSA) is 47.6 Å². The molecule has 0 aliphatic heterocycles. The monoisotopic (exact) mass is 261 g/mol. The third-order valence-electron chi connectivity index (χ3n) is 2.69. The number of hydrogen-bond donors (Lipinski definition) is 1. The molecule has 5 heteroatoms. The highest BCUT2D eigenvalue weighted by Gasteiger charge is 2.28. The number of methoxy groups -OCH3 is 2. The fraction of sp³-hybridized carbons (Fsp3) is 0.917. The van der Waals surface area contributed by atoms with Crippen molar-refractivity contribution in [3.8, 4) is 0 Å². The van der Waals surface area contributed by atoms with E-state index in [2.05, 4.69) is 5.32 Å². The molecular formula is C12H23NO3S. The largest absolute Gasteiger partial charge is 0.468 e. The van der Waals surface area contributed by atoms with Crippen molar-refractivity contribution < 1.29 is 14.3 Å². The normalized spacial score (nSPS) is 16.8. The zero-order valence-corrected chi connectivity index (χ0v) is 11.6. The van der Waals surface area contributed by atoms with Crippen molar-refractivity contribution in [1.29, 1.82) is 0 Å². The van der Waals surface area contributed by atoms with Crippen LogP contribution in [0.25, 0.3) is 0 Å². The van der Waals surface area contributed by atoms with Crippen LogP contribution >= 0.6 is 11.8 Å². The molecule has 1 aliphatic rings. The first-order chi connectivity index (χ1) is 8.27. The standard InChI is InChI=1S/C12H23NO3S/c1-15-7-3-8-17-9-6-11(12(14)16-2)13-10-4-5-10/h10-11,13H,3-9H2,1-2H3. The molecule has 0 aromatic carbocycles. The van der Waals surface area contributed by atoms with E-state index in [0.29, 0.717) is 6.04 Å². The maximum absolute atomic E-state index is 11.5. The zero-order valence-electron chi connectivity index (χ0n) is 10.7. The van der Waals surface area contributed by atoms with Gasteiger partial charge in [-0.05, 0) is 37.2 Å². The van der Waals surface area contributed by atoms with Crippen LogP contribution in [-0.2, 0) is 14.3 Å². The highest BCUT2D eigenvalue weighted by molar-refractivity contribution is 7.99. The first-order valence-electron chi connectivity index (χ1n) is 6.18. The Bertz CT molecular complexity index is 222. The van der Waals surface area contributed by atoms with Crippen LogP contribution in [0.15, 0.2) is 0 Å². The van der Waals surface area contributed by atoms with Crippen LogP contribution in [0.5, 0.6) is 0 Å². The third-order valence-corrected chi connectivity index (χ3v) is 3.79. The Hall–Kier alpha value is -0.260. The van der Waals surface area contributed by atoms with Crippen molar-refractivity contribution in [1.82, 2.24) is 5.32 Å². The van der Waals surface area contributed by atoms with Crippen LogP contribution in [0.1, 0.15) is 25.7 Å². The predicted octanol–water partition coefficient (Wildman–Crippen LogP) is 1.44. The van der Waals surface area contributed by atoms with Gasteiger partial charge in [-0.3, -0.25) is 4.79 Å². The molecule has 1 aliphatic carbocycles. The van der Waals surface area contributed by atoms with Crippen molar-refractivity contribution >= 4 is 17.7 Å². The van der Waals surface area contributed by atoms with Gasteiger partial charge in [-0.15, -0.1) is 0 Å². The number of nitrogens with one attached hydrogen (secondary N) is 1. The molecule has 0 aromatic heterocycles. The second-order valence-corrected chi connectivity index (χ2v) is 5.49. The maximum atomic E-state index is 11.5. The van der Waals surface area contributed by atoms with Gasteiger partial charge < -0.3 is 14.8 Å². The second-order valence-electron chi connectivity index (χ2n) is 4.26. The van der Waals surface area contributed by atoms with E-state index < -0.39 is 0 Å². The van der Waals surface area contributed by atoms with Crippen molar-refractivity contribution in [2.24, 2.45) is 0 Å². The van der Waals surface area contributed by atoms with Gasteiger partial charge in [-0.2, -0.15) is 11.8 Å². The zero-order chi connectivity index (χ0) is 12.5. The molecule has 0 saturated heterocycles. The summed E-state index contributed by atoms with van der Waals surface area (Å²) in [7, 11) is 3.17. The molecule has 17 heavy (non-hydrogen) atoms. The maximum Gasteiger partial charge on any atom is 0.322 e. The molecule has 1 atom stereocenters. The molecule has 0 amide bonds. The number of carbonyl (C=O) groups excluding carboxylic acids is 1. The predicted molar refractivity (Wildman–Crippen MR) is 70.4 cm³/mol. The smallest absolute Gasteiger partial charge is 0.322 e. The van der Waals surface area contributed by atoms with E-state index in [-0.39, 0.29) is 12.0 Å². The Labute approximate surface area is 108 Å². The number of thioether (sulfide) groups is 1. The fourth-order valence-corrected chi connectivity index (χ4v) is 2.48. The molecular weight excluding hydrogens is 238 g/mol. The molecule has 1 fully saturated rings. The Morgan fingerprint density at radius 3 is 2.76 bits per heavy atom. The van der Waals surface area contributed by atoms with Crippen LogP contribution in [0.3, 0.4) is 0 Å². The SMILES string of the molecule is COCCCSCCC(NC1CC1)C(=O)OC. The molecule has 0 bridgehead atoms. The lowest BCUT2D eigenvalue weighted by Gasteiger charge is -2.15. The molecule has 0 spiro atoms. The Kier molecular flexibility index (Phi) is 7.64. The summed E-state index contributed by atoms with van der Waals surface area (Å²) in [6.45, 7) is 0.813. The lowest BCUT2D eigenvalue weighted by atomic mass is 10.2. The van der Waals surface area contributed by atoms with Gasteiger partial charge in [0, 0.05) is 19.8 Å². The van der Waals surface area contributed by atoms with Gasteiger partial charge in [0.15, 0.2) is 0 Å². The molecule has 0 aromatic rings. The minimum atomic E-state index is -0.130. The highest BCUT2D eigenvalue weighted by Crippen LogP contribution is 2.20. The minimum Gasteiger partial charge on any atom is -0.468 e. The van der Waals surface area contributed by atoms with Crippen LogP contribution in [0.2, 0.25) is 0 Å². The molecule has 0 radical (unpaired) electrons. The molecule has 0 heterocycles. The van der Waals surface area contributed by atoms with E-state index in [1.807, 2.05) is 11.8 Å². The van der Waals surface area contributed by atoms with Gasteiger partial charge in [0.25, 0.3) is 0 Å². The minimum absolute atomic E-state index is 0.123. The summed E-state index contributed by atoms with van der Waals surface area (Å²) in [5.74, 6) is 1.95. The van der Waals surface area contributed by atoms with E-state index in [4.69, 9.17) is 9.47 Å². The lowest BCUT2D eigenvalue weighted by Crippen LogP contribution is -2.39. The average molecular weight is 261 g/mol. The first-order valence-corrected chi connectivity index (χ1v) is 7.34. The fourth-order valence-electron chi connectivity index (χ4n) is 1.55. The molecule has 1 rings (SSSR count). The molecule has 4 nitrogen and oxygen atoms in total. The number of carbonyl (C=O) groups is 1. The van der Waals surface area contributed by atoms with Crippen LogP contribution in [-0.4, -0.2) is 50.4 Å². The Morgan fingerprint density at radius 2 is 2.18 bits per heavy atom. The van der Waals surface area contributed by atoms with Crippen molar-refractivity contribution in [2.75, 3.05) is 32.3 Å². The summed E-state index contributed by atoms with van der Waals surface area (Å²) in [6.07, 6.45) is 4.30. The number of hydrogen-bond acceptors (Lipinski definition) is 5. The second kappa shape index (κ2) is 8.78. The van der Waals surface area contributed by atoms with Gasteiger partial charge in [0.1, 0.15) is 6.04 Å². The third kappa shape index (κ3) is 6.91. The summed E-state index contributed by atoms with van der Waals surface area (Å²) in [5.41, 5.74) is 0. The van der Waals surface area contributed by atoms with Gasteiger partial charge in [0.05, 0.1) is 7.11 Å². The Morgan fingerprint density at radius 1 is 1.41 bits per heavy atom. The molecule has 1 unspecified atom stereocenters. The summed E-state index contributed by atoms with van der Waals surface area (Å²) < 4.78 is 9.79. The van der Waals surface area contributed by atoms with Crippen molar-refractivity contribution in [2.45, 2.75) is 37.8 Å². The van der Waals surface area contributed by atoms with Crippen molar-refractivity contribution in [3.63, 3.8) is 0 Å². The van der Waals surface area contributed by atoms with Crippen LogP contribution in [0.4, 0.5) is 0 Å². The van der Waals surface area contributed by atoms with E-state index >= 15 is 0 Å². The summed E-state index contributed by atoms with van der Waals surface area (Å²) in [6, 6.07) is 0.417. The highest BCUT2D eigenvalue weighted by atomic mass is 32.2. The number of ether oxygens (including phenoxy) is 2. The summed E-state index contributed by atoms with van der Waals surface area (Å²) >= 11 is 1.87. The molecule has 100 valence electrons. The average Bonchev–Trinajstić information content (AvgIpc) is 3.15. The van der Waals surface area contributed by atoms with Crippen LogP contribution < -0.4 is 5.32 Å². The lowest BCUT2D eigenvalue weighted by molar-refractivity contribution is -0.143. The molecule has 1 saturated carbocycles. The van der Waals surface area contributed by atoms with E-state index in [1.165, 1.54) is 20.0 Å². The van der Waals surface area contributed by atoms with E-state index in [1.54, 1.807) is 7.11 Å².